The number of benzene rings is 1. The Morgan fingerprint density at radius 3 is 2.72 bits per heavy atom. The summed E-state index contributed by atoms with van der Waals surface area (Å²) in [5, 5.41) is 58.5. The van der Waals surface area contributed by atoms with Crippen LogP contribution in [0.3, 0.4) is 0 Å². The summed E-state index contributed by atoms with van der Waals surface area (Å²) in [6, 6.07) is 4.02. The number of ether oxygens (including phenoxy) is 2. The number of aliphatic hydroxyl groups excluding tert-OH is 4. The number of thioether (sulfide) groups is 1. The van der Waals surface area contributed by atoms with E-state index in [1.807, 2.05) is 0 Å². The second-order valence-corrected chi connectivity index (χ2v) is 8.78. The summed E-state index contributed by atoms with van der Waals surface area (Å²) in [5.74, 6) is 0.0257. The van der Waals surface area contributed by atoms with Crippen molar-refractivity contribution in [1.29, 1.82) is 0 Å². The molecule has 11 nitrogen and oxygen atoms in total. The van der Waals surface area contributed by atoms with Crippen LogP contribution >= 0.6 is 34.7 Å². The third-order valence-electron chi connectivity index (χ3n) is 3.98. The molecule has 1 aromatic heterocycles. The fourth-order valence-corrected chi connectivity index (χ4v) is 4.70. The lowest BCUT2D eigenvalue weighted by Gasteiger charge is -2.39. The molecule has 1 aromatic carbocycles. The Bertz CT molecular complexity index is 870. The zero-order valence-electron chi connectivity index (χ0n) is 14.5. The van der Waals surface area contributed by atoms with Gasteiger partial charge in [0.25, 0.3) is 0 Å². The van der Waals surface area contributed by atoms with Crippen molar-refractivity contribution in [2.75, 3.05) is 6.61 Å². The molecular weight excluding hydrogens is 450 g/mol. The molecule has 29 heavy (non-hydrogen) atoms. The van der Waals surface area contributed by atoms with E-state index in [9.17, 15) is 30.5 Å². The third-order valence-corrected chi connectivity index (χ3v) is 6.35. The predicted octanol–water partition coefficient (Wildman–Crippen LogP) is 0.571. The fraction of sp³-hybridized carbons (Fsp3) is 0.467. The second-order valence-electron chi connectivity index (χ2n) is 5.93. The van der Waals surface area contributed by atoms with Crippen LogP contribution in [0.2, 0.25) is 5.02 Å². The largest absolute Gasteiger partial charge is 0.479 e. The number of aromatic nitrogens is 2. The Morgan fingerprint density at radius 1 is 1.28 bits per heavy atom. The van der Waals surface area contributed by atoms with E-state index in [1.54, 1.807) is 0 Å². The number of nitrogens with zero attached hydrogens (tertiary/aromatic N) is 3. The maximum absolute atomic E-state index is 11.1. The number of hydrogen-bond donors (Lipinski definition) is 4. The van der Waals surface area contributed by atoms with Crippen molar-refractivity contribution in [2.24, 2.45) is 0 Å². The SMILES string of the molecule is O=[N+]([O-])c1cc(Cl)ccc1OCc1nnc(S[C@@H]2O[C@H](CO)[C@@H](O)[C@H](O)[C@H]2O)s1. The van der Waals surface area contributed by atoms with Crippen LogP contribution in [-0.2, 0) is 11.3 Å². The van der Waals surface area contributed by atoms with Gasteiger partial charge in [-0.3, -0.25) is 10.1 Å². The summed E-state index contributed by atoms with van der Waals surface area (Å²) >= 11 is 7.82. The Balaban J connectivity index is 1.64. The van der Waals surface area contributed by atoms with E-state index < -0.39 is 41.4 Å². The normalized spacial score (nSPS) is 27.0. The number of halogens is 1. The highest BCUT2D eigenvalue weighted by atomic mass is 35.5. The minimum Gasteiger partial charge on any atom is -0.479 e. The predicted molar refractivity (Wildman–Crippen MR) is 102 cm³/mol. The van der Waals surface area contributed by atoms with Gasteiger partial charge in [0.2, 0.25) is 0 Å². The lowest BCUT2D eigenvalue weighted by Crippen LogP contribution is -2.57. The van der Waals surface area contributed by atoms with Gasteiger partial charge in [0.1, 0.15) is 36.5 Å². The summed E-state index contributed by atoms with van der Waals surface area (Å²) in [6.45, 7) is -0.619. The van der Waals surface area contributed by atoms with Gasteiger partial charge in [0.15, 0.2) is 15.1 Å². The lowest BCUT2D eigenvalue weighted by atomic mass is 10.0. The topological polar surface area (TPSA) is 168 Å². The van der Waals surface area contributed by atoms with Gasteiger partial charge in [-0.05, 0) is 12.1 Å². The number of rotatable bonds is 7. The minimum atomic E-state index is -1.49. The molecule has 158 valence electrons. The molecule has 0 saturated carbocycles. The number of nitro benzene ring substituents is 1. The zero-order chi connectivity index (χ0) is 21.1. The quantitative estimate of drug-likeness (QED) is 0.333. The van der Waals surface area contributed by atoms with Gasteiger partial charge in [-0.1, -0.05) is 34.7 Å². The minimum absolute atomic E-state index is 0.0257. The van der Waals surface area contributed by atoms with E-state index in [1.165, 1.54) is 18.2 Å². The van der Waals surface area contributed by atoms with Crippen molar-refractivity contribution in [1.82, 2.24) is 10.2 Å². The molecule has 1 saturated heterocycles. The smallest absolute Gasteiger partial charge is 0.312 e. The van der Waals surface area contributed by atoms with Gasteiger partial charge >= 0.3 is 5.69 Å². The average Bonchev–Trinajstić information content (AvgIpc) is 3.14. The Labute approximate surface area is 177 Å². The molecule has 1 fully saturated rings. The molecule has 1 aliphatic rings. The Hall–Kier alpha value is -1.58. The van der Waals surface area contributed by atoms with Crippen LogP contribution in [-0.4, -0.2) is 72.0 Å². The highest BCUT2D eigenvalue weighted by Gasteiger charge is 2.44. The van der Waals surface area contributed by atoms with E-state index in [0.29, 0.717) is 9.35 Å². The molecule has 0 bridgehead atoms. The highest BCUT2D eigenvalue weighted by molar-refractivity contribution is 8.01. The summed E-state index contributed by atoms with van der Waals surface area (Å²) in [7, 11) is 0. The van der Waals surface area contributed by atoms with Crippen LogP contribution in [0.5, 0.6) is 5.75 Å². The first-order valence-corrected chi connectivity index (χ1v) is 10.2. The molecule has 0 aliphatic carbocycles. The first kappa shape index (κ1) is 22.1. The molecule has 3 rings (SSSR count). The van der Waals surface area contributed by atoms with Crippen LogP contribution in [0.1, 0.15) is 5.01 Å². The molecule has 4 N–H and O–H groups in total. The molecule has 0 amide bonds. The van der Waals surface area contributed by atoms with Crippen LogP contribution in [0.15, 0.2) is 22.5 Å². The van der Waals surface area contributed by atoms with Gasteiger partial charge in [-0.15, -0.1) is 10.2 Å². The number of nitro groups is 1. The van der Waals surface area contributed by atoms with Gasteiger partial charge < -0.3 is 29.9 Å². The van der Waals surface area contributed by atoms with Crippen molar-refractivity contribution in [3.8, 4) is 5.75 Å². The molecule has 2 heterocycles. The number of aliphatic hydroxyl groups is 4. The summed E-state index contributed by atoms with van der Waals surface area (Å²) < 4.78 is 11.2. The lowest BCUT2D eigenvalue weighted by molar-refractivity contribution is -0.385. The van der Waals surface area contributed by atoms with Crippen LogP contribution < -0.4 is 4.74 Å². The van der Waals surface area contributed by atoms with Crippen molar-refractivity contribution in [2.45, 2.75) is 40.8 Å². The highest BCUT2D eigenvalue weighted by Crippen LogP contribution is 2.35. The molecule has 1 aliphatic heterocycles. The number of hydrogen-bond acceptors (Lipinski definition) is 12. The Kier molecular flexibility index (Phi) is 7.23. The van der Waals surface area contributed by atoms with Crippen molar-refractivity contribution < 1.29 is 34.8 Å². The van der Waals surface area contributed by atoms with E-state index in [4.69, 9.17) is 21.1 Å². The molecule has 2 aromatic rings. The molecule has 0 radical (unpaired) electrons. The van der Waals surface area contributed by atoms with Crippen molar-refractivity contribution in [3.63, 3.8) is 0 Å². The molecular formula is C15H16ClN3O8S2. The summed E-state index contributed by atoms with van der Waals surface area (Å²) in [6.07, 6.45) is -5.36. The van der Waals surface area contributed by atoms with Gasteiger partial charge in [-0.25, -0.2) is 0 Å². The molecule has 14 heteroatoms. The van der Waals surface area contributed by atoms with E-state index in [-0.39, 0.29) is 23.1 Å². The average molecular weight is 466 g/mol. The van der Waals surface area contributed by atoms with E-state index in [2.05, 4.69) is 10.2 Å². The van der Waals surface area contributed by atoms with Gasteiger partial charge in [-0.2, -0.15) is 0 Å². The zero-order valence-corrected chi connectivity index (χ0v) is 16.9. The maximum Gasteiger partial charge on any atom is 0.312 e. The summed E-state index contributed by atoms with van der Waals surface area (Å²) in [5.41, 5.74) is -1.26. The monoisotopic (exact) mass is 465 g/mol. The van der Waals surface area contributed by atoms with Crippen LogP contribution in [0.25, 0.3) is 0 Å². The second kappa shape index (κ2) is 9.49. The molecule has 5 atom stereocenters. The van der Waals surface area contributed by atoms with E-state index >= 15 is 0 Å². The Morgan fingerprint density at radius 2 is 2.03 bits per heavy atom. The summed E-state index contributed by atoms with van der Waals surface area (Å²) in [4.78, 5) is 10.5. The third kappa shape index (κ3) is 5.13. The van der Waals surface area contributed by atoms with Crippen molar-refractivity contribution >= 4 is 40.4 Å². The first-order chi connectivity index (χ1) is 13.8. The molecule has 0 spiro atoms. The standard InChI is InChI=1S/C15H16ClN3O8S2/c16-6-1-2-8(7(3-6)19(24)25)26-5-10-17-18-15(28-10)29-14-13(23)12(22)11(21)9(4-20)27-14/h1-3,9,11-14,20-23H,4-5H2/t9-,11-,12+,13-,14+/m1/s1. The van der Waals surface area contributed by atoms with Crippen LogP contribution in [0.4, 0.5) is 5.69 Å². The van der Waals surface area contributed by atoms with E-state index in [0.717, 1.165) is 23.1 Å². The first-order valence-electron chi connectivity index (χ1n) is 8.16. The van der Waals surface area contributed by atoms with Gasteiger partial charge in [0.05, 0.1) is 11.5 Å². The molecule has 0 unspecified atom stereocenters. The van der Waals surface area contributed by atoms with Crippen LogP contribution in [0, 0.1) is 10.1 Å². The van der Waals surface area contributed by atoms with Crippen molar-refractivity contribution in [3.05, 3.63) is 38.3 Å². The maximum atomic E-state index is 11.1. The van der Waals surface area contributed by atoms with Gasteiger partial charge in [0, 0.05) is 11.1 Å². The fourth-order valence-electron chi connectivity index (χ4n) is 2.50.